The maximum absolute atomic E-state index is 14.7. The molecule has 1 saturated heterocycles. The van der Waals surface area contributed by atoms with Crippen molar-refractivity contribution in [3.05, 3.63) is 53.6 Å². The lowest BCUT2D eigenvalue weighted by Crippen LogP contribution is -2.59. The highest BCUT2D eigenvalue weighted by Crippen LogP contribution is 2.45. The highest BCUT2D eigenvalue weighted by Gasteiger charge is 2.62. The topological polar surface area (TPSA) is 181 Å². The third kappa shape index (κ3) is 8.41. The van der Waals surface area contributed by atoms with Crippen LogP contribution in [0.4, 0.5) is 9.59 Å². The summed E-state index contributed by atoms with van der Waals surface area (Å²) in [4.78, 5) is 72.7. The number of nitrogens with zero attached hydrogens (tertiary/aromatic N) is 2. The molecule has 14 nitrogen and oxygen atoms in total. The van der Waals surface area contributed by atoms with Gasteiger partial charge in [0.1, 0.15) is 23.7 Å². The molecule has 3 aliphatic carbocycles. The molecule has 6 aliphatic rings. The van der Waals surface area contributed by atoms with Crippen LogP contribution >= 0.6 is 0 Å². The Hall–Kier alpha value is -4.40. The molecule has 1 aromatic carbocycles. The lowest BCUT2D eigenvalue weighted by Gasteiger charge is -2.35. The van der Waals surface area contributed by atoms with Gasteiger partial charge in [0.05, 0.1) is 24.9 Å². The highest BCUT2D eigenvalue weighted by atomic mass is 32.2. The average molecular weight is 780 g/mol. The standard InChI is InChI=1S/C40H53N5O9S/c1-4-28-20-40(28,36(48)43-55(51,52)30-16-17-30)42-34(46)32-19-29-22-45(32)35(47)33(26-12-6-5-7-13-26)41-37(49)53-24-39(2,3)18-9-8-11-25-14-10-15-27-21-44(23-31(25)27)38(50)54-29/h4,8,10-11,14-15,26,28-30,32-33H,1,5-7,9,12-13,16-24H2,2-3H3,(H,41,49)(H,42,46)(H,43,48)/b11-8+/t28-,29?,32+,33+,40-/m1/s1. The number of alkyl carbamates (subject to hydrolysis) is 1. The molecule has 5 atom stereocenters. The smallest absolute Gasteiger partial charge is 0.410 e. The van der Waals surface area contributed by atoms with Gasteiger partial charge >= 0.3 is 12.2 Å². The van der Waals surface area contributed by atoms with Crippen LogP contribution in [0.1, 0.15) is 101 Å². The summed E-state index contributed by atoms with van der Waals surface area (Å²) in [5.41, 5.74) is 1.10. The number of fused-ring (bicyclic) bond motifs is 3. The number of hydrogen-bond donors (Lipinski definition) is 3. The van der Waals surface area contributed by atoms with Crippen LogP contribution in [0.2, 0.25) is 0 Å². The summed E-state index contributed by atoms with van der Waals surface area (Å²) in [6, 6.07) is 3.75. The van der Waals surface area contributed by atoms with E-state index < -0.39 is 74.8 Å². The Balaban J connectivity index is 1.18. The number of rotatable bonds is 7. The van der Waals surface area contributed by atoms with Gasteiger partial charge in [-0.05, 0) is 73.0 Å². The lowest BCUT2D eigenvalue weighted by molar-refractivity contribution is -0.142. The van der Waals surface area contributed by atoms with E-state index >= 15 is 0 Å². The van der Waals surface area contributed by atoms with Crippen molar-refractivity contribution in [3.63, 3.8) is 0 Å². The number of amides is 5. The first-order chi connectivity index (χ1) is 26.2. The van der Waals surface area contributed by atoms with Crippen molar-refractivity contribution >= 4 is 46.0 Å². The van der Waals surface area contributed by atoms with Crippen molar-refractivity contribution < 1.29 is 41.9 Å². The molecular formula is C40H53N5O9S. The van der Waals surface area contributed by atoms with E-state index in [1.807, 2.05) is 32.0 Å². The quantitative estimate of drug-likeness (QED) is 0.341. The summed E-state index contributed by atoms with van der Waals surface area (Å²) in [6.07, 6.45) is 10.0. The maximum Gasteiger partial charge on any atom is 0.410 e. The van der Waals surface area contributed by atoms with Gasteiger partial charge in [-0.25, -0.2) is 18.0 Å². The largest absolute Gasteiger partial charge is 0.449 e. The van der Waals surface area contributed by atoms with E-state index in [1.165, 1.54) is 11.0 Å². The number of benzene rings is 1. The number of carbonyl (C=O) groups excluding carboxylic acids is 5. The van der Waals surface area contributed by atoms with E-state index in [0.717, 1.165) is 48.8 Å². The fourth-order valence-corrected chi connectivity index (χ4v) is 9.92. The molecule has 55 heavy (non-hydrogen) atoms. The summed E-state index contributed by atoms with van der Waals surface area (Å²) >= 11 is 0. The molecule has 4 bridgehead atoms. The van der Waals surface area contributed by atoms with E-state index in [9.17, 15) is 32.4 Å². The normalized spacial score (nSPS) is 30.7. The van der Waals surface area contributed by atoms with Crippen LogP contribution in [0, 0.1) is 17.3 Å². The molecule has 0 aromatic heterocycles. The van der Waals surface area contributed by atoms with Crippen LogP contribution in [0.25, 0.3) is 6.08 Å². The van der Waals surface area contributed by atoms with Crippen LogP contribution in [0.15, 0.2) is 36.9 Å². The third-order valence-electron chi connectivity index (χ3n) is 12.2. The van der Waals surface area contributed by atoms with Gasteiger partial charge in [-0.15, -0.1) is 6.58 Å². The summed E-state index contributed by atoms with van der Waals surface area (Å²) in [5, 5.41) is 4.99. The molecule has 15 heteroatoms. The Morgan fingerprint density at radius 3 is 2.53 bits per heavy atom. The molecule has 0 radical (unpaired) electrons. The van der Waals surface area contributed by atoms with Gasteiger partial charge in [0.25, 0.3) is 5.91 Å². The first kappa shape index (κ1) is 38.9. The molecule has 7 rings (SSSR count). The fraction of sp³-hybridized carbons (Fsp3) is 0.625. The number of hydrogen-bond acceptors (Lipinski definition) is 9. The van der Waals surface area contributed by atoms with Crippen molar-refractivity contribution in [2.75, 3.05) is 13.2 Å². The van der Waals surface area contributed by atoms with Crippen molar-refractivity contribution in [3.8, 4) is 0 Å². The van der Waals surface area contributed by atoms with Crippen LogP contribution in [-0.4, -0.2) is 90.3 Å². The van der Waals surface area contributed by atoms with E-state index in [-0.39, 0.29) is 37.3 Å². The zero-order valence-electron chi connectivity index (χ0n) is 31.7. The van der Waals surface area contributed by atoms with Gasteiger partial charge in [-0.3, -0.25) is 24.0 Å². The molecule has 1 aromatic rings. The number of sulfonamides is 1. The van der Waals surface area contributed by atoms with Gasteiger partial charge in [0, 0.05) is 18.9 Å². The van der Waals surface area contributed by atoms with Crippen LogP contribution < -0.4 is 15.4 Å². The minimum atomic E-state index is -3.91. The second-order valence-electron chi connectivity index (χ2n) is 17.0. The third-order valence-corrected chi connectivity index (χ3v) is 14.0. The molecule has 0 spiro atoms. The van der Waals surface area contributed by atoms with Crippen molar-refractivity contribution in [2.24, 2.45) is 17.3 Å². The minimum absolute atomic E-state index is 0.0645. The van der Waals surface area contributed by atoms with Crippen molar-refractivity contribution in [2.45, 2.75) is 127 Å². The molecule has 5 amide bonds. The van der Waals surface area contributed by atoms with Crippen LogP contribution in [0.5, 0.6) is 0 Å². The second kappa shape index (κ2) is 15.3. The van der Waals surface area contributed by atoms with E-state index in [1.54, 1.807) is 4.90 Å². The Labute approximate surface area is 322 Å². The summed E-state index contributed by atoms with van der Waals surface area (Å²) in [6.45, 7) is 8.52. The SMILES string of the molecule is C=C[C@@H]1C[C@]1(NC(=O)[C@@H]1CC2CN1C(=O)[C@H](C1CCCCC1)NC(=O)OCC(C)(C)CC/C=C/c1cccc3c1CN(C3)C(=O)O2)C(=O)NS(=O)(=O)C1CC1. The molecule has 4 fully saturated rings. The Bertz CT molecular complexity index is 1870. The van der Waals surface area contributed by atoms with Gasteiger partial charge in [0.15, 0.2) is 0 Å². The highest BCUT2D eigenvalue weighted by molar-refractivity contribution is 7.91. The predicted molar refractivity (Wildman–Crippen MR) is 202 cm³/mol. The molecule has 1 unspecified atom stereocenters. The first-order valence-corrected chi connectivity index (χ1v) is 21.2. The van der Waals surface area contributed by atoms with Gasteiger partial charge in [-0.2, -0.15) is 0 Å². The second-order valence-corrected chi connectivity index (χ2v) is 18.9. The van der Waals surface area contributed by atoms with Crippen LogP contribution in [-0.2, 0) is 47.0 Å². The van der Waals surface area contributed by atoms with Crippen LogP contribution in [0.3, 0.4) is 0 Å². The summed E-state index contributed by atoms with van der Waals surface area (Å²) in [5.74, 6) is -2.80. The van der Waals surface area contributed by atoms with E-state index in [2.05, 4.69) is 34.1 Å². The molecule has 298 valence electrons. The zero-order chi connectivity index (χ0) is 39.1. The molecule has 3 N–H and O–H groups in total. The van der Waals surface area contributed by atoms with Gasteiger partial charge in [0.2, 0.25) is 21.8 Å². The van der Waals surface area contributed by atoms with E-state index in [4.69, 9.17) is 9.47 Å². The fourth-order valence-electron chi connectivity index (χ4n) is 8.56. The molecule has 3 aliphatic heterocycles. The zero-order valence-corrected chi connectivity index (χ0v) is 32.5. The number of carbonyl (C=O) groups is 5. The maximum atomic E-state index is 14.7. The van der Waals surface area contributed by atoms with Crippen molar-refractivity contribution in [1.82, 2.24) is 25.2 Å². The number of ether oxygens (including phenoxy) is 2. The van der Waals surface area contributed by atoms with E-state index in [0.29, 0.717) is 38.8 Å². The summed E-state index contributed by atoms with van der Waals surface area (Å²) < 4.78 is 39.4. The van der Waals surface area contributed by atoms with Gasteiger partial charge < -0.3 is 25.0 Å². The number of cyclic esters (lactones) is 1. The first-order valence-electron chi connectivity index (χ1n) is 19.7. The molecular weight excluding hydrogens is 727 g/mol. The Morgan fingerprint density at radius 1 is 1.05 bits per heavy atom. The number of allylic oxidation sites excluding steroid dienone is 1. The summed E-state index contributed by atoms with van der Waals surface area (Å²) in [7, 11) is -3.91. The Kier molecular flexibility index (Phi) is 10.8. The Morgan fingerprint density at radius 2 is 1.82 bits per heavy atom. The molecule has 3 saturated carbocycles. The predicted octanol–water partition coefficient (Wildman–Crippen LogP) is 4.29. The monoisotopic (exact) mass is 779 g/mol. The molecule has 3 heterocycles. The minimum Gasteiger partial charge on any atom is -0.449 e. The van der Waals surface area contributed by atoms with Gasteiger partial charge in [-0.1, -0.05) is 69.5 Å². The lowest BCUT2D eigenvalue weighted by atomic mass is 9.83. The van der Waals surface area contributed by atoms with Crippen molar-refractivity contribution in [1.29, 1.82) is 0 Å². The number of nitrogens with one attached hydrogen (secondary N) is 3. The average Bonchev–Trinajstić information content (AvgIpc) is 4.05.